The van der Waals surface area contributed by atoms with Crippen LogP contribution in [0.25, 0.3) is 0 Å². The lowest BCUT2D eigenvalue weighted by atomic mass is 10.1. The highest BCUT2D eigenvalue weighted by atomic mass is 16.4. The van der Waals surface area contributed by atoms with Crippen molar-refractivity contribution in [2.75, 3.05) is 5.32 Å². The second-order valence-electron chi connectivity index (χ2n) is 3.58. The molecule has 6 nitrogen and oxygen atoms in total. The van der Waals surface area contributed by atoms with Gasteiger partial charge in [-0.05, 0) is 12.0 Å². The van der Waals surface area contributed by atoms with Crippen LogP contribution in [0.4, 0.5) is 5.95 Å². The third-order valence-electron chi connectivity index (χ3n) is 1.99. The van der Waals surface area contributed by atoms with Crippen molar-refractivity contribution in [2.24, 2.45) is 5.92 Å². The normalized spacial score (nSPS) is 11.9. The molecule has 0 spiro atoms. The van der Waals surface area contributed by atoms with Gasteiger partial charge in [0.25, 0.3) is 0 Å². The van der Waals surface area contributed by atoms with E-state index in [2.05, 4.69) is 15.3 Å². The Labute approximate surface area is 93.0 Å². The van der Waals surface area contributed by atoms with Crippen LogP contribution in [-0.2, 0) is 4.79 Å². The Morgan fingerprint density at radius 3 is 2.81 bits per heavy atom. The maximum atomic E-state index is 10.9. The Morgan fingerprint density at radius 1 is 1.62 bits per heavy atom. The summed E-state index contributed by atoms with van der Waals surface area (Å²) in [4.78, 5) is 18.6. The van der Waals surface area contributed by atoms with E-state index in [4.69, 9.17) is 10.4 Å². The fourth-order valence-corrected chi connectivity index (χ4v) is 1.14. The number of aliphatic carboxylic acids is 1. The summed E-state index contributed by atoms with van der Waals surface area (Å²) in [5.41, 5.74) is 0.199. The van der Waals surface area contributed by atoms with Crippen LogP contribution >= 0.6 is 0 Å². The van der Waals surface area contributed by atoms with Crippen molar-refractivity contribution in [1.82, 2.24) is 9.97 Å². The van der Waals surface area contributed by atoms with Gasteiger partial charge in [0, 0.05) is 6.20 Å². The molecule has 1 heterocycles. The monoisotopic (exact) mass is 220 g/mol. The molecule has 16 heavy (non-hydrogen) atoms. The van der Waals surface area contributed by atoms with Crippen molar-refractivity contribution in [3.63, 3.8) is 0 Å². The summed E-state index contributed by atoms with van der Waals surface area (Å²) in [5, 5.41) is 20.3. The highest BCUT2D eigenvalue weighted by Crippen LogP contribution is 2.08. The van der Waals surface area contributed by atoms with E-state index in [0.29, 0.717) is 0 Å². The van der Waals surface area contributed by atoms with Crippen molar-refractivity contribution < 1.29 is 9.90 Å². The Morgan fingerprint density at radius 2 is 2.31 bits per heavy atom. The minimum Gasteiger partial charge on any atom is -0.480 e. The molecule has 1 rings (SSSR count). The molecule has 0 amide bonds. The average Bonchev–Trinajstić information content (AvgIpc) is 2.25. The average molecular weight is 220 g/mol. The molecule has 2 N–H and O–H groups in total. The van der Waals surface area contributed by atoms with Crippen LogP contribution < -0.4 is 5.32 Å². The summed E-state index contributed by atoms with van der Waals surface area (Å²) >= 11 is 0. The van der Waals surface area contributed by atoms with Gasteiger partial charge in [0.2, 0.25) is 5.95 Å². The maximum Gasteiger partial charge on any atom is 0.326 e. The molecule has 0 aliphatic carbocycles. The first-order valence-electron chi connectivity index (χ1n) is 4.77. The molecule has 0 saturated carbocycles. The molecule has 0 aliphatic heterocycles. The Hall–Kier alpha value is -2.16. The summed E-state index contributed by atoms with van der Waals surface area (Å²) in [6.07, 6.45) is 1.41. The van der Waals surface area contributed by atoms with Gasteiger partial charge in [-0.1, -0.05) is 13.8 Å². The molecule has 0 saturated heterocycles. The highest BCUT2D eigenvalue weighted by Gasteiger charge is 2.21. The minimum absolute atomic E-state index is 0.105. The number of rotatable bonds is 4. The number of nitrogens with one attached hydrogen (secondary N) is 1. The molecular formula is C10H12N4O2. The molecule has 1 aromatic rings. The standard InChI is InChI=1S/C10H12N4O2/c1-6(2)8(9(15)16)14-10-12-4-3-7(5-11)13-10/h3-4,6,8H,1-2H3,(H,15,16)(H,12,13,14)/t8-/m1/s1. The van der Waals surface area contributed by atoms with E-state index in [1.807, 2.05) is 6.07 Å². The van der Waals surface area contributed by atoms with Gasteiger partial charge in [0.15, 0.2) is 0 Å². The van der Waals surface area contributed by atoms with Crippen LogP contribution in [-0.4, -0.2) is 27.1 Å². The lowest BCUT2D eigenvalue weighted by Crippen LogP contribution is -2.35. The Bertz CT molecular complexity index is 425. The zero-order valence-electron chi connectivity index (χ0n) is 9.01. The summed E-state index contributed by atoms with van der Waals surface area (Å²) in [6.45, 7) is 3.56. The number of carboxylic acid groups (broad SMARTS) is 1. The fraction of sp³-hybridized carbons (Fsp3) is 0.400. The SMILES string of the molecule is CC(C)[C@@H](Nc1nccc(C#N)n1)C(=O)O. The van der Waals surface area contributed by atoms with Crippen LogP contribution in [0.5, 0.6) is 0 Å². The summed E-state index contributed by atoms with van der Waals surface area (Å²) in [7, 11) is 0. The number of hydrogen-bond acceptors (Lipinski definition) is 5. The second-order valence-corrected chi connectivity index (χ2v) is 3.58. The number of hydrogen-bond donors (Lipinski definition) is 2. The Balaban J connectivity index is 2.86. The van der Waals surface area contributed by atoms with Gasteiger partial charge in [-0.25, -0.2) is 14.8 Å². The molecule has 0 bridgehead atoms. The summed E-state index contributed by atoms with van der Waals surface area (Å²) in [6, 6.07) is 2.55. The number of anilines is 1. The van der Waals surface area contributed by atoms with Crippen molar-refractivity contribution >= 4 is 11.9 Å². The quantitative estimate of drug-likeness (QED) is 0.781. The van der Waals surface area contributed by atoms with E-state index < -0.39 is 12.0 Å². The van der Waals surface area contributed by atoms with Crippen molar-refractivity contribution in [3.05, 3.63) is 18.0 Å². The Kier molecular flexibility index (Phi) is 3.78. The van der Waals surface area contributed by atoms with E-state index in [1.165, 1.54) is 12.3 Å². The van der Waals surface area contributed by atoms with Crippen LogP contribution in [0.3, 0.4) is 0 Å². The third-order valence-corrected chi connectivity index (χ3v) is 1.99. The van der Waals surface area contributed by atoms with E-state index in [1.54, 1.807) is 13.8 Å². The minimum atomic E-state index is -0.971. The van der Waals surface area contributed by atoms with E-state index in [9.17, 15) is 4.79 Å². The first-order chi connectivity index (χ1) is 7.54. The molecule has 84 valence electrons. The predicted molar refractivity (Wildman–Crippen MR) is 56.6 cm³/mol. The highest BCUT2D eigenvalue weighted by molar-refractivity contribution is 5.76. The van der Waals surface area contributed by atoms with E-state index >= 15 is 0 Å². The molecule has 1 atom stereocenters. The topological polar surface area (TPSA) is 98.9 Å². The van der Waals surface area contributed by atoms with Gasteiger partial charge in [0.1, 0.15) is 17.8 Å². The van der Waals surface area contributed by atoms with Gasteiger partial charge in [-0.15, -0.1) is 0 Å². The zero-order chi connectivity index (χ0) is 12.1. The molecule has 0 aliphatic rings. The first-order valence-corrected chi connectivity index (χ1v) is 4.77. The summed E-state index contributed by atoms with van der Waals surface area (Å²) in [5.74, 6) is -0.923. The first kappa shape index (κ1) is 11.9. The van der Waals surface area contributed by atoms with Crippen LogP contribution in [0, 0.1) is 17.2 Å². The summed E-state index contributed by atoms with van der Waals surface area (Å²) < 4.78 is 0. The van der Waals surface area contributed by atoms with Crippen LogP contribution in [0.1, 0.15) is 19.5 Å². The van der Waals surface area contributed by atoms with E-state index in [-0.39, 0.29) is 17.6 Å². The largest absolute Gasteiger partial charge is 0.480 e. The van der Waals surface area contributed by atoms with Crippen molar-refractivity contribution in [1.29, 1.82) is 5.26 Å². The molecule has 0 unspecified atom stereocenters. The van der Waals surface area contributed by atoms with Gasteiger partial charge in [-0.3, -0.25) is 0 Å². The molecular weight excluding hydrogens is 208 g/mol. The lowest BCUT2D eigenvalue weighted by Gasteiger charge is -2.17. The number of carbonyl (C=O) groups is 1. The van der Waals surface area contributed by atoms with Crippen LogP contribution in [0.15, 0.2) is 12.3 Å². The maximum absolute atomic E-state index is 10.9. The number of nitriles is 1. The van der Waals surface area contributed by atoms with Gasteiger partial charge < -0.3 is 10.4 Å². The van der Waals surface area contributed by atoms with Gasteiger partial charge in [-0.2, -0.15) is 5.26 Å². The van der Waals surface area contributed by atoms with E-state index in [0.717, 1.165) is 0 Å². The smallest absolute Gasteiger partial charge is 0.326 e. The third kappa shape index (κ3) is 2.92. The lowest BCUT2D eigenvalue weighted by molar-refractivity contribution is -0.138. The van der Waals surface area contributed by atoms with Crippen molar-refractivity contribution in [3.8, 4) is 6.07 Å². The number of carboxylic acids is 1. The predicted octanol–water partition coefficient (Wildman–Crippen LogP) is 0.869. The molecule has 6 heteroatoms. The molecule has 0 fully saturated rings. The van der Waals surface area contributed by atoms with Crippen molar-refractivity contribution in [2.45, 2.75) is 19.9 Å². The number of nitrogens with zero attached hydrogens (tertiary/aromatic N) is 3. The molecule has 1 aromatic heterocycles. The zero-order valence-corrected chi connectivity index (χ0v) is 9.01. The van der Waals surface area contributed by atoms with Gasteiger partial charge in [0.05, 0.1) is 0 Å². The fourth-order valence-electron chi connectivity index (χ4n) is 1.14. The van der Waals surface area contributed by atoms with Gasteiger partial charge >= 0.3 is 5.97 Å². The molecule has 0 aromatic carbocycles. The number of aromatic nitrogens is 2. The molecule has 0 radical (unpaired) electrons. The second kappa shape index (κ2) is 5.07. The van der Waals surface area contributed by atoms with Crippen LogP contribution in [0.2, 0.25) is 0 Å².